The van der Waals surface area contributed by atoms with Crippen LogP contribution in [0.5, 0.6) is 0 Å². The van der Waals surface area contributed by atoms with E-state index in [4.69, 9.17) is 4.74 Å². The van der Waals surface area contributed by atoms with Gasteiger partial charge < -0.3 is 15.4 Å². The number of alkyl halides is 3. The molecule has 3 rings (SSSR count). The second-order valence-electron chi connectivity index (χ2n) is 6.82. The van der Waals surface area contributed by atoms with Crippen molar-refractivity contribution < 1.29 is 27.1 Å². The largest absolute Gasteiger partial charge is 0.416 e. The highest BCUT2D eigenvalue weighted by atomic mass is 19.4. The van der Waals surface area contributed by atoms with Gasteiger partial charge in [0.05, 0.1) is 30.9 Å². The van der Waals surface area contributed by atoms with Crippen molar-refractivity contribution >= 4 is 5.91 Å². The minimum Gasteiger partial charge on any atom is -0.381 e. The maximum Gasteiger partial charge on any atom is 0.416 e. The SMILES string of the molecule is C[C@H]1CN[C@@H](C(=O)N[C@@H](c2ccc(C(F)(F)F)cc2F)C2COC2)C1. The zero-order valence-corrected chi connectivity index (χ0v) is 13.7. The molecule has 2 saturated heterocycles. The lowest BCUT2D eigenvalue weighted by atomic mass is 9.90. The number of carbonyl (C=O) groups is 1. The van der Waals surface area contributed by atoms with Crippen molar-refractivity contribution in [3.05, 3.63) is 35.1 Å². The van der Waals surface area contributed by atoms with Crippen LogP contribution >= 0.6 is 0 Å². The van der Waals surface area contributed by atoms with E-state index in [0.29, 0.717) is 31.6 Å². The number of hydrogen-bond acceptors (Lipinski definition) is 3. The Balaban J connectivity index is 1.80. The van der Waals surface area contributed by atoms with E-state index >= 15 is 0 Å². The van der Waals surface area contributed by atoms with Crippen LogP contribution in [-0.4, -0.2) is 31.7 Å². The van der Waals surface area contributed by atoms with Crippen LogP contribution in [0.4, 0.5) is 17.6 Å². The van der Waals surface area contributed by atoms with Crippen LogP contribution in [0.25, 0.3) is 0 Å². The highest BCUT2D eigenvalue weighted by Gasteiger charge is 2.37. The Morgan fingerprint density at radius 2 is 2.08 bits per heavy atom. The van der Waals surface area contributed by atoms with Crippen LogP contribution in [0.15, 0.2) is 18.2 Å². The molecule has 2 aliphatic heterocycles. The number of rotatable bonds is 4. The molecule has 1 amide bonds. The molecule has 0 bridgehead atoms. The van der Waals surface area contributed by atoms with E-state index < -0.39 is 23.6 Å². The van der Waals surface area contributed by atoms with Gasteiger partial charge in [0.25, 0.3) is 0 Å². The molecule has 0 aliphatic carbocycles. The molecule has 2 fully saturated rings. The fraction of sp³-hybridized carbons (Fsp3) is 0.588. The molecule has 0 saturated carbocycles. The molecule has 2 aliphatic rings. The quantitative estimate of drug-likeness (QED) is 0.812. The third kappa shape index (κ3) is 3.95. The summed E-state index contributed by atoms with van der Waals surface area (Å²) in [4.78, 5) is 12.4. The van der Waals surface area contributed by atoms with Gasteiger partial charge in [0, 0.05) is 11.5 Å². The molecule has 8 heteroatoms. The fourth-order valence-electron chi connectivity index (χ4n) is 3.22. The van der Waals surface area contributed by atoms with Gasteiger partial charge in [-0.25, -0.2) is 4.39 Å². The number of carbonyl (C=O) groups excluding carboxylic acids is 1. The smallest absolute Gasteiger partial charge is 0.381 e. The van der Waals surface area contributed by atoms with Crippen molar-refractivity contribution in [1.82, 2.24) is 10.6 Å². The first kappa shape index (κ1) is 18.1. The minimum atomic E-state index is -4.61. The van der Waals surface area contributed by atoms with Crippen molar-refractivity contribution in [1.29, 1.82) is 0 Å². The van der Waals surface area contributed by atoms with Gasteiger partial charge in [0.1, 0.15) is 5.82 Å². The Morgan fingerprint density at radius 1 is 1.36 bits per heavy atom. The molecule has 2 N–H and O–H groups in total. The van der Waals surface area contributed by atoms with Gasteiger partial charge in [-0.2, -0.15) is 13.2 Å². The molecule has 1 aromatic carbocycles. The normalized spacial score (nSPS) is 25.5. The second-order valence-corrected chi connectivity index (χ2v) is 6.82. The molecule has 138 valence electrons. The van der Waals surface area contributed by atoms with Gasteiger partial charge in [-0.3, -0.25) is 4.79 Å². The molecule has 0 unspecified atom stereocenters. The van der Waals surface area contributed by atoms with Gasteiger partial charge in [-0.1, -0.05) is 13.0 Å². The summed E-state index contributed by atoms with van der Waals surface area (Å²) in [6, 6.07) is 1.35. The third-order valence-corrected chi connectivity index (χ3v) is 4.76. The van der Waals surface area contributed by atoms with E-state index in [1.807, 2.05) is 6.92 Å². The van der Waals surface area contributed by atoms with Crippen LogP contribution < -0.4 is 10.6 Å². The van der Waals surface area contributed by atoms with Gasteiger partial charge in [-0.05, 0) is 31.0 Å². The van der Waals surface area contributed by atoms with Crippen LogP contribution in [0.1, 0.15) is 30.5 Å². The molecular formula is C17H20F4N2O2. The summed E-state index contributed by atoms with van der Waals surface area (Å²) in [6.45, 7) is 3.41. The summed E-state index contributed by atoms with van der Waals surface area (Å²) >= 11 is 0. The first-order valence-electron chi connectivity index (χ1n) is 8.24. The van der Waals surface area contributed by atoms with Gasteiger partial charge in [0.15, 0.2) is 0 Å². The number of ether oxygens (including phenoxy) is 1. The molecule has 0 radical (unpaired) electrons. The van der Waals surface area contributed by atoms with Crippen molar-refractivity contribution in [2.45, 2.75) is 31.6 Å². The van der Waals surface area contributed by atoms with E-state index in [-0.39, 0.29) is 23.4 Å². The monoisotopic (exact) mass is 360 g/mol. The Morgan fingerprint density at radius 3 is 2.56 bits per heavy atom. The molecule has 4 nitrogen and oxygen atoms in total. The Labute approximate surface area is 142 Å². The minimum absolute atomic E-state index is 0.0562. The molecule has 3 atom stereocenters. The van der Waals surface area contributed by atoms with Crippen molar-refractivity contribution in [3.63, 3.8) is 0 Å². The first-order chi connectivity index (χ1) is 11.8. The predicted molar refractivity (Wildman–Crippen MR) is 82.2 cm³/mol. The zero-order valence-electron chi connectivity index (χ0n) is 13.7. The maximum atomic E-state index is 14.3. The molecular weight excluding hydrogens is 340 g/mol. The lowest BCUT2D eigenvalue weighted by Gasteiger charge is -2.35. The lowest BCUT2D eigenvalue weighted by molar-refractivity contribution is -0.138. The Hall–Kier alpha value is -1.67. The summed E-state index contributed by atoms with van der Waals surface area (Å²) in [5.74, 6) is -1.03. The Bertz CT molecular complexity index is 646. The lowest BCUT2D eigenvalue weighted by Crippen LogP contribution is -2.48. The van der Waals surface area contributed by atoms with E-state index in [9.17, 15) is 22.4 Å². The first-order valence-corrected chi connectivity index (χ1v) is 8.24. The molecule has 0 spiro atoms. The number of nitrogens with one attached hydrogen (secondary N) is 2. The van der Waals surface area contributed by atoms with Gasteiger partial charge in [0.2, 0.25) is 5.91 Å². The summed E-state index contributed by atoms with van der Waals surface area (Å²) in [6.07, 6.45) is -3.93. The summed E-state index contributed by atoms with van der Waals surface area (Å²) in [7, 11) is 0. The standard InChI is InChI=1S/C17H20F4N2O2/c1-9-4-14(22-6-9)16(24)23-15(10-7-25-8-10)12-3-2-11(5-13(12)18)17(19,20)21/h2-3,5,9-10,14-15,22H,4,6-8H2,1H3,(H,23,24)/t9-,14-,15-/m1/s1. The Kier molecular flexibility index (Phi) is 5.02. The number of halogens is 4. The van der Waals surface area contributed by atoms with Crippen LogP contribution in [0, 0.1) is 17.7 Å². The van der Waals surface area contributed by atoms with Crippen molar-refractivity contribution in [2.24, 2.45) is 11.8 Å². The third-order valence-electron chi connectivity index (χ3n) is 4.76. The summed E-state index contributed by atoms with van der Waals surface area (Å²) in [5, 5.41) is 5.89. The highest BCUT2D eigenvalue weighted by molar-refractivity contribution is 5.82. The zero-order chi connectivity index (χ0) is 18.2. The predicted octanol–water partition coefficient (Wildman–Crippen LogP) is 2.65. The highest BCUT2D eigenvalue weighted by Crippen LogP contribution is 2.34. The van der Waals surface area contributed by atoms with Crippen LogP contribution in [0.3, 0.4) is 0 Å². The number of amides is 1. The molecule has 25 heavy (non-hydrogen) atoms. The second kappa shape index (κ2) is 6.92. The van der Waals surface area contributed by atoms with E-state index in [1.54, 1.807) is 0 Å². The van der Waals surface area contributed by atoms with Crippen LogP contribution in [-0.2, 0) is 15.7 Å². The van der Waals surface area contributed by atoms with Crippen molar-refractivity contribution in [2.75, 3.05) is 19.8 Å². The molecule has 2 heterocycles. The fourth-order valence-corrected chi connectivity index (χ4v) is 3.22. The maximum absolute atomic E-state index is 14.3. The van der Waals surface area contributed by atoms with E-state index in [2.05, 4.69) is 10.6 Å². The van der Waals surface area contributed by atoms with E-state index in [0.717, 1.165) is 18.7 Å². The van der Waals surface area contributed by atoms with Crippen LogP contribution in [0.2, 0.25) is 0 Å². The summed E-state index contributed by atoms with van der Waals surface area (Å²) in [5.41, 5.74) is -0.990. The number of benzene rings is 1. The topological polar surface area (TPSA) is 50.4 Å². The van der Waals surface area contributed by atoms with Gasteiger partial charge in [-0.15, -0.1) is 0 Å². The number of hydrogen-bond donors (Lipinski definition) is 2. The van der Waals surface area contributed by atoms with Crippen molar-refractivity contribution in [3.8, 4) is 0 Å². The van der Waals surface area contributed by atoms with E-state index in [1.165, 1.54) is 0 Å². The molecule has 1 aromatic rings. The average molecular weight is 360 g/mol. The molecule has 0 aromatic heterocycles. The van der Waals surface area contributed by atoms with Gasteiger partial charge >= 0.3 is 6.18 Å². The average Bonchev–Trinajstić information content (AvgIpc) is 2.90. The summed E-state index contributed by atoms with van der Waals surface area (Å²) < 4.78 is 57.6.